The Bertz CT molecular complexity index is 730. The Morgan fingerprint density at radius 1 is 1.28 bits per heavy atom. The average molecular weight is 411 g/mol. The lowest BCUT2D eigenvalue weighted by Gasteiger charge is -2.34. The van der Waals surface area contributed by atoms with Crippen LogP contribution in [0.15, 0.2) is 24.3 Å². The van der Waals surface area contributed by atoms with Crippen LogP contribution in [0.25, 0.3) is 0 Å². The molecule has 0 radical (unpaired) electrons. The van der Waals surface area contributed by atoms with Gasteiger partial charge in [-0.15, -0.1) is 0 Å². The molecule has 5 nitrogen and oxygen atoms in total. The fourth-order valence-electron chi connectivity index (χ4n) is 4.15. The number of piperidine rings is 1. The van der Waals surface area contributed by atoms with Crippen LogP contribution in [0.3, 0.4) is 0 Å². The highest BCUT2D eigenvalue weighted by Gasteiger charge is 2.32. The van der Waals surface area contributed by atoms with E-state index in [1.807, 2.05) is 0 Å². The molecule has 2 aliphatic heterocycles. The highest BCUT2D eigenvalue weighted by atomic mass is 19.4. The summed E-state index contributed by atoms with van der Waals surface area (Å²) in [5.74, 6) is 0.125. The van der Waals surface area contributed by atoms with Crippen LogP contribution in [0.2, 0.25) is 0 Å². The van der Waals surface area contributed by atoms with Crippen molar-refractivity contribution in [2.45, 2.75) is 31.9 Å². The van der Waals surface area contributed by atoms with Crippen LogP contribution in [0, 0.1) is 11.8 Å². The van der Waals surface area contributed by atoms with Crippen molar-refractivity contribution in [1.82, 2.24) is 15.1 Å². The molecule has 1 aromatic carbocycles. The molecular weight excluding hydrogens is 383 g/mol. The molecule has 2 fully saturated rings. The van der Waals surface area contributed by atoms with E-state index in [4.69, 9.17) is 0 Å². The number of hydrogen-bond acceptors (Lipinski definition) is 3. The normalized spacial score (nSPS) is 21.2. The van der Waals surface area contributed by atoms with Crippen LogP contribution in [-0.2, 0) is 22.2 Å². The van der Waals surface area contributed by atoms with Gasteiger partial charge < -0.3 is 15.1 Å². The summed E-state index contributed by atoms with van der Waals surface area (Å²) in [4.78, 5) is 27.7. The molecule has 8 heteroatoms. The zero-order chi connectivity index (χ0) is 21.0. The van der Waals surface area contributed by atoms with Gasteiger partial charge in [0.2, 0.25) is 11.8 Å². The van der Waals surface area contributed by atoms with Gasteiger partial charge >= 0.3 is 6.18 Å². The van der Waals surface area contributed by atoms with E-state index in [0.717, 1.165) is 38.5 Å². The van der Waals surface area contributed by atoms with E-state index in [0.29, 0.717) is 31.0 Å². The predicted octanol–water partition coefficient (Wildman–Crippen LogP) is 2.55. The number of nitrogens with zero attached hydrogens (tertiary/aromatic N) is 2. The van der Waals surface area contributed by atoms with Crippen LogP contribution < -0.4 is 5.32 Å². The molecule has 2 heterocycles. The van der Waals surface area contributed by atoms with Crippen molar-refractivity contribution in [2.24, 2.45) is 11.8 Å². The van der Waals surface area contributed by atoms with Gasteiger partial charge in [-0.25, -0.2) is 0 Å². The maximum atomic E-state index is 12.8. The maximum Gasteiger partial charge on any atom is 0.416 e. The number of benzene rings is 1. The molecule has 2 amide bonds. The summed E-state index contributed by atoms with van der Waals surface area (Å²) in [6.45, 7) is 3.61. The summed E-state index contributed by atoms with van der Waals surface area (Å²) < 4.78 is 38.5. The largest absolute Gasteiger partial charge is 0.416 e. The van der Waals surface area contributed by atoms with Gasteiger partial charge in [-0.1, -0.05) is 18.2 Å². The summed E-state index contributed by atoms with van der Waals surface area (Å²) in [6, 6.07) is 5.54. The Kier molecular flexibility index (Phi) is 6.82. The standard InChI is InChI=1S/C21H28F3N3O2/c1-26(20(29)17-12-19(28)25-13-17)14-16-6-9-27(10-7-16)8-5-15-3-2-4-18(11-15)21(22,23)24/h2-4,11,16-17H,5-10,12-14H2,1H3,(H,25,28). The van der Waals surface area contributed by atoms with Crippen molar-refractivity contribution in [1.29, 1.82) is 0 Å². The first-order valence-electron chi connectivity index (χ1n) is 10.1. The van der Waals surface area contributed by atoms with Crippen LogP contribution in [-0.4, -0.2) is 61.4 Å². The smallest absolute Gasteiger partial charge is 0.355 e. The lowest BCUT2D eigenvalue weighted by Crippen LogP contribution is -2.42. The number of nitrogens with one attached hydrogen (secondary N) is 1. The number of carbonyl (C=O) groups is 2. The van der Waals surface area contributed by atoms with E-state index in [9.17, 15) is 22.8 Å². The summed E-state index contributed by atoms with van der Waals surface area (Å²) in [5, 5.41) is 2.70. The summed E-state index contributed by atoms with van der Waals surface area (Å²) in [7, 11) is 1.80. The summed E-state index contributed by atoms with van der Waals surface area (Å²) in [5.41, 5.74) is 0.104. The second-order valence-electron chi connectivity index (χ2n) is 8.16. The third-order valence-corrected chi connectivity index (χ3v) is 5.91. The molecule has 0 spiro atoms. The number of amides is 2. The Morgan fingerprint density at radius 2 is 2.00 bits per heavy atom. The lowest BCUT2D eigenvalue weighted by atomic mass is 9.95. The van der Waals surface area contributed by atoms with Gasteiger partial charge in [0.25, 0.3) is 0 Å². The van der Waals surface area contributed by atoms with Crippen molar-refractivity contribution in [3.05, 3.63) is 35.4 Å². The molecule has 3 rings (SSSR count). The van der Waals surface area contributed by atoms with E-state index in [2.05, 4.69) is 10.2 Å². The minimum Gasteiger partial charge on any atom is -0.355 e. The molecule has 29 heavy (non-hydrogen) atoms. The third-order valence-electron chi connectivity index (χ3n) is 5.91. The third kappa shape index (κ3) is 5.95. The van der Waals surface area contributed by atoms with Crippen molar-refractivity contribution in [3.63, 3.8) is 0 Å². The number of likely N-dealkylation sites (tertiary alicyclic amines) is 1. The van der Waals surface area contributed by atoms with E-state index in [-0.39, 0.29) is 24.2 Å². The fraction of sp³-hybridized carbons (Fsp3) is 0.619. The van der Waals surface area contributed by atoms with E-state index in [1.165, 1.54) is 12.1 Å². The van der Waals surface area contributed by atoms with Gasteiger partial charge in [-0.2, -0.15) is 13.2 Å². The van der Waals surface area contributed by atoms with Crippen molar-refractivity contribution < 1.29 is 22.8 Å². The minimum atomic E-state index is -4.31. The number of halogens is 3. The predicted molar refractivity (Wildman–Crippen MR) is 103 cm³/mol. The highest BCUT2D eigenvalue weighted by molar-refractivity contribution is 5.89. The lowest BCUT2D eigenvalue weighted by molar-refractivity contribution is -0.137. The zero-order valence-corrected chi connectivity index (χ0v) is 16.7. The highest BCUT2D eigenvalue weighted by Crippen LogP contribution is 2.29. The van der Waals surface area contributed by atoms with Crippen molar-refractivity contribution >= 4 is 11.8 Å². The number of alkyl halides is 3. The molecule has 1 aromatic rings. The van der Waals surface area contributed by atoms with Crippen molar-refractivity contribution in [3.8, 4) is 0 Å². The molecule has 2 saturated heterocycles. The van der Waals surface area contributed by atoms with Gasteiger partial charge in [0, 0.05) is 33.1 Å². The second-order valence-corrected chi connectivity index (χ2v) is 8.16. The monoisotopic (exact) mass is 411 g/mol. The van der Waals surface area contributed by atoms with Gasteiger partial charge in [-0.3, -0.25) is 9.59 Å². The van der Waals surface area contributed by atoms with Gasteiger partial charge in [-0.05, 0) is 49.9 Å². The summed E-state index contributed by atoms with van der Waals surface area (Å²) >= 11 is 0. The molecule has 1 unspecified atom stereocenters. The first kappa shape index (κ1) is 21.6. The molecule has 0 saturated carbocycles. The molecule has 1 atom stereocenters. The minimum absolute atomic E-state index is 0.0235. The van der Waals surface area contributed by atoms with Crippen LogP contribution in [0.5, 0.6) is 0 Å². The second kappa shape index (κ2) is 9.15. The zero-order valence-electron chi connectivity index (χ0n) is 16.7. The molecule has 0 aromatic heterocycles. The van der Waals surface area contributed by atoms with Crippen LogP contribution in [0.4, 0.5) is 13.2 Å². The van der Waals surface area contributed by atoms with Crippen molar-refractivity contribution in [2.75, 3.05) is 39.8 Å². The first-order valence-corrected chi connectivity index (χ1v) is 10.1. The first-order chi connectivity index (χ1) is 13.7. The molecule has 0 bridgehead atoms. The Morgan fingerprint density at radius 3 is 2.62 bits per heavy atom. The molecule has 1 N–H and O–H groups in total. The van der Waals surface area contributed by atoms with Gasteiger partial charge in [0.15, 0.2) is 0 Å². The molecule has 0 aliphatic carbocycles. The maximum absolute atomic E-state index is 12.8. The van der Waals surface area contributed by atoms with Gasteiger partial charge in [0.1, 0.15) is 0 Å². The SMILES string of the molecule is CN(CC1CCN(CCc2cccc(C(F)(F)F)c2)CC1)C(=O)C1CNC(=O)C1. The summed E-state index contributed by atoms with van der Waals surface area (Å²) in [6.07, 6.45) is -1.52. The van der Waals surface area contributed by atoms with E-state index >= 15 is 0 Å². The molecule has 2 aliphatic rings. The number of hydrogen-bond donors (Lipinski definition) is 1. The van der Waals surface area contributed by atoms with E-state index in [1.54, 1.807) is 18.0 Å². The topological polar surface area (TPSA) is 52.6 Å². The van der Waals surface area contributed by atoms with Gasteiger partial charge in [0.05, 0.1) is 11.5 Å². The van der Waals surface area contributed by atoms with Crippen LogP contribution in [0.1, 0.15) is 30.4 Å². The van der Waals surface area contributed by atoms with E-state index < -0.39 is 11.7 Å². The number of rotatable bonds is 6. The Labute approximate surface area is 169 Å². The fourth-order valence-corrected chi connectivity index (χ4v) is 4.15. The quantitative estimate of drug-likeness (QED) is 0.783. The Balaban J connectivity index is 1.40. The average Bonchev–Trinajstić information content (AvgIpc) is 3.12. The molecule has 160 valence electrons. The van der Waals surface area contributed by atoms with Crippen LogP contribution >= 0.6 is 0 Å². The number of carbonyl (C=O) groups excluding carboxylic acids is 2. The Hall–Kier alpha value is -2.09. The molecular formula is C21H28F3N3O2.